The van der Waals surface area contributed by atoms with Crippen LogP contribution in [0.25, 0.3) is 0 Å². The second kappa shape index (κ2) is 5.64. The van der Waals surface area contributed by atoms with Crippen molar-refractivity contribution in [3.63, 3.8) is 0 Å². The van der Waals surface area contributed by atoms with Gasteiger partial charge in [0.1, 0.15) is 12.0 Å². The number of anilines is 1. The molecule has 0 atom stereocenters. The molecule has 0 aliphatic rings. The molecule has 4 nitrogen and oxygen atoms in total. The molecule has 0 saturated heterocycles. The number of thioether (sulfide) groups is 1. The third kappa shape index (κ3) is 3.07. The van der Waals surface area contributed by atoms with E-state index in [1.165, 1.54) is 17.2 Å². The Morgan fingerprint density at radius 3 is 2.94 bits per heavy atom. The first-order valence-electron chi connectivity index (χ1n) is 5.37. The highest BCUT2D eigenvalue weighted by atomic mass is 32.2. The molecule has 0 radical (unpaired) electrons. The van der Waals surface area contributed by atoms with E-state index >= 15 is 0 Å². The minimum Gasteiger partial charge on any atom is -0.478 e. The van der Waals surface area contributed by atoms with Crippen LogP contribution in [0.1, 0.15) is 16.1 Å². The highest BCUT2D eigenvalue weighted by molar-refractivity contribution is 7.98. The van der Waals surface area contributed by atoms with Crippen molar-refractivity contribution in [1.82, 2.24) is 0 Å². The van der Waals surface area contributed by atoms with Crippen LogP contribution in [0.3, 0.4) is 0 Å². The van der Waals surface area contributed by atoms with Gasteiger partial charge < -0.3 is 14.8 Å². The van der Waals surface area contributed by atoms with Gasteiger partial charge >= 0.3 is 5.97 Å². The predicted octanol–water partition coefficient (Wildman–Crippen LogP) is 3.31. The van der Waals surface area contributed by atoms with E-state index in [2.05, 4.69) is 5.32 Å². The largest absolute Gasteiger partial charge is 0.478 e. The molecule has 94 valence electrons. The maximum atomic E-state index is 10.7. The Bertz CT molecular complexity index is 551. The molecule has 0 fully saturated rings. The van der Waals surface area contributed by atoms with Crippen LogP contribution in [0.2, 0.25) is 0 Å². The van der Waals surface area contributed by atoms with Crippen molar-refractivity contribution >= 4 is 23.4 Å². The molecule has 1 heterocycles. The number of carbonyl (C=O) groups is 1. The van der Waals surface area contributed by atoms with Crippen molar-refractivity contribution in [2.24, 2.45) is 0 Å². The van der Waals surface area contributed by atoms with Gasteiger partial charge in [0.25, 0.3) is 0 Å². The molecular weight excluding hydrogens is 250 g/mol. The standard InChI is InChI=1S/C13H13NO3S/c1-18-12-4-2-3-10(6-12)14-7-11-5-9(8-17-11)13(15)16/h2-6,8,14H,7H2,1H3,(H,15,16). The van der Waals surface area contributed by atoms with Crippen molar-refractivity contribution in [2.45, 2.75) is 11.4 Å². The number of aromatic carboxylic acids is 1. The number of carboxylic acid groups (broad SMARTS) is 1. The van der Waals surface area contributed by atoms with Crippen LogP contribution in [-0.4, -0.2) is 17.3 Å². The summed E-state index contributed by atoms with van der Waals surface area (Å²) in [5, 5.41) is 12.0. The molecule has 0 amide bonds. The monoisotopic (exact) mass is 263 g/mol. The van der Waals surface area contributed by atoms with Crippen LogP contribution in [0.5, 0.6) is 0 Å². The van der Waals surface area contributed by atoms with E-state index in [1.807, 2.05) is 30.5 Å². The summed E-state index contributed by atoms with van der Waals surface area (Å²) in [7, 11) is 0. The first kappa shape index (κ1) is 12.6. The molecule has 0 spiro atoms. The third-order valence-corrected chi connectivity index (χ3v) is 3.16. The Morgan fingerprint density at radius 2 is 2.28 bits per heavy atom. The predicted molar refractivity (Wildman–Crippen MR) is 71.2 cm³/mol. The highest BCUT2D eigenvalue weighted by Crippen LogP contribution is 2.19. The Kier molecular flexibility index (Phi) is 3.94. The van der Waals surface area contributed by atoms with Crippen molar-refractivity contribution in [2.75, 3.05) is 11.6 Å². The molecule has 0 aliphatic carbocycles. The van der Waals surface area contributed by atoms with Crippen molar-refractivity contribution in [3.05, 3.63) is 47.9 Å². The Hall–Kier alpha value is -1.88. The van der Waals surface area contributed by atoms with Gasteiger partial charge in [-0.3, -0.25) is 0 Å². The van der Waals surface area contributed by atoms with Crippen LogP contribution < -0.4 is 5.32 Å². The SMILES string of the molecule is CSc1cccc(NCc2cc(C(=O)O)co2)c1. The number of hydrogen-bond acceptors (Lipinski definition) is 4. The van der Waals surface area contributed by atoms with Gasteiger partial charge in [0.05, 0.1) is 12.1 Å². The van der Waals surface area contributed by atoms with Gasteiger partial charge in [-0.2, -0.15) is 0 Å². The number of furan rings is 1. The zero-order valence-corrected chi connectivity index (χ0v) is 10.7. The number of benzene rings is 1. The van der Waals surface area contributed by atoms with Crippen LogP contribution in [0.4, 0.5) is 5.69 Å². The average Bonchev–Trinajstić information content (AvgIpc) is 2.85. The lowest BCUT2D eigenvalue weighted by atomic mass is 10.3. The second-order valence-corrected chi connectivity index (χ2v) is 4.57. The zero-order valence-electron chi connectivity index (χ0n) is 9.84. The maximum Gasteiger partial charge on any atom is 0.338 e. The van der Waals surface area contributed by atoms with Crippen molar-refractivity contribution in [1.29, 1.82) is 0 Å². The summed E-state index contributed by atoms with van der Waals surface area (Å²) in [6, 6.07) is 9.52. The molecule has 0 aliphatic heterocycles. The van der Waals surface area contributed by atoms with E-state index in [0.717, 1.165) is 5.69 Å². The summed E-state index contributed by atoms with van der Waals surface area (Å²) in [5.74, 6) is -0.378. The molecule has 0 saturated carbocycles. The van der Waals surface area contributed by atoms with Gasteiger partial charge in [0.15, 0.2) is 0 Å². The fraction of sp³-hybridized carbons (Fsp3) is 0.154. The smallest absolute Gasteiger partial charge is 0.338 e. The van der Waals surface area contributed by atoms with Crippen LogP contribution in [0, 0.1) is 0 Å². The second-order valence-electron chi connectivity index (χ2n) is 3.69. The van der Waals surface area contributed by atoms with E-state index in [0.29, 0.717) is 12.3 Å². The minimum atomic E-state index is -0.977. The number of nitrogens with one attached hydrogen (secondary N) is 1. The molecular formula is C13H13NO3S. The van der Waals surface area contributed by atoms with Gasteiger partial charge in [-0.05, 0) is 30.5 Å². The highest BCUT2D eigenvalue weighted by Gasteiger charge is 2.07. The zero-order chi connectivity index (χ0) is 13.0. The van der Waals surface area contributed by atoms with Crippen molar-refractivity contribution < 1.29 is 14.3 Å². The summed E-state index contributed by atoms with van der Waals surface area (Å²) in [6.07, 6.45) is 3.27. The molecule has 18 heavy (non-hydrogen) atoms. The summed E-state index contributed by atoms with van der Waals surface area (Å²) in [4.78, 5) is 11.9. The first-order valence-corrected chi connectivity index (χ1v) is 6.60. The summed E-state index contributed by atoms with van der Waals surface area (Å²) in [6.45, 7) is 0.463. The lowest BCUT2D eigenvalue weighted by Crippen LogP contribution is -1.98. The molecule has 5 heteroatoms. The van der Waals surface area contributed by atoms with Gasteiger partial charge in [-0.1, -0.05) is 6.07 Å². The molecule has 1 aromatic carbocycles. The van der Waals surface area contributed by atoms with Crippen LogP contribution in [-0.2, 0) is 6.54 Å². The molecule has 2 N–H and O–H groups in total. The lowest BCUT2D eigenvalue weighted by molar-refractivity contribution is 0.0696. The number of carboxylic acids is 1. The Labute approximate surface area is 109 Å². The van der Waals surface area contributed by atoms with E-state index in [4.69, 9.17) is 9.52 Å². The van der Waals surface area contributed by atoms with E-state index in [-0.39, 0.29) is 5.56 Å². The fourth-order valence-electron chi connectivity index (χ4n) is 1.51. The summed E-state index contributed by atoms with van der Waals surface area (Å²) >= 11 is 1.67. The quantitative estimate of drug-likeness (QED) is 0.810. The molecule has 0 unspecified atom stereocenters. The molecule has 0 bridgehead atoms. The van der Waals surface area contributed by atoms with Gasteiger partial charge in [0.2, 0.25) is 0 Å². The Morgan fingerprint density at radius 1 is 1.44 bits per heavy atom. The van der Waals surface area contributed by atoms with Crippen LogP contribution in [0.15, 0.2) is 45.9 Å². The summed E-state index contributed by atoms with van der Waals surface area (Å²) in [5.41, 5.74) is 1.15. The topological polar surface area (TPSA) is 62.5 Å². The number of hydrogen-bond donors (Lipinski definition) is 2. The van der Waals surface area contributed by atoms with E-state index in [1.54, 1.807) is 11.8 Å². The lowest BCUT2D eigenvalue weighted by Gasteiger charge is -2.05. The van der Waals surface area contributed by atoms with Gasteiger partial charge in [0, 0.05) is 10.6 Å². The normalized spacial score (nSPS) is 10.3. The first-order chi connectivity index (χ1) is 8.69. The number of rotatable bonds is 5. The molecule has 2 aromatic rings. The molecule has 1 aromatic heterocycles. The van der Waals surface area contributed by atoms with Gasteiger partial charge in [-0.15, -0.1) is 11.8 Å². The van der Waals surface area contributed by atoms with E-state index < -0.39 is 5.97 Å². The Balaban J connectivity index is 1.99. The summed E-state index contributed by atoms with van der Waals surface area (Å²) < 4.78 is 5.16. The maximum absolute atomic E-state index is 10.7. The average molecular weight is 263 g/mol. The van der Waals surface area contributed by atoms with Crippen LogP contribution >= 0.6 is 11.8 Å². The fourth-order valence-corrected chi connectivity index (χ4v) is 1.97. The van der Waals surface area contributed by atoms with E-state index in [9.17, 15) is 4.79 Å². The third-order valence-electron chi connectivity index (χ3n) is 2.44. The minimum absolute atomic E-state index is 0.171. The molecule has 2 rings (SSSR count). The van der Waals surface area contributed by atoms with Gasteiger partial charge in [-0.25, -0.2) is 4.79 Å². The van der Waals surface area contributed by atoms with Crippen molar-refractivity contribution in [3.8, 4) is 0 Å².